The average molecular weight is 1160 g/mol. The maximum absolute atomic E-state index is 13.5. The van der Waals surface area contributed by atoms with Crippen LogP contribution in [0.15, 0.2) is 131 Å². The number of ether oxygens (including phenoxy) is 11. The van der Waals surface area contributed by atoms with E-state index in [0.29, 0.717) is 195 Å². The Morgan fingerprint density at radius 3 is 1.08 bits per heavy atom. The minimum absolute atomic E-state index is 0.223. The van der Waals surface area contributed by atoms with E-state index in [4.69, 9.17) is 81.4 Å². The molecule has 0 aliphatic heterocycles. The first-order valence-electron chi connectivity index (χ1n) is 28.0. The van der Waals surface area contributed by atoms with Crippen LogP contribution >= 0.6 is 0 Å². The highest BCUT2D eigenvalue weighted by Crippen LogP contribution is 2.43. The van der Waals surface area contributed by atoms with E-state index in [1.165, 1.54) is 37.0 Å². The topological polar surface area (TPSA) is 191 Å². The molecule has 0 radical (unpaired) electrons. The Labute approximate surface area is 490 Å². The second-order valence-electron chi connectivity index (χ2n) is 17.7. The van der Waals surface area contributed by atoms with Crippen LogP contribution in [0.25, 0.3) is 12.2 Å². The van der Waals surface area contributed by atoms with Crippen LogP contribution in [0.4, 0.5) is 0 Å². The molecule has 0 unspecified atom stereocenters. The molecule has 0 aromatic heterocycles. The first-order valence-corrected chi connectivity index (χ1v) is 28.0. The van der Waals surface area contributed by atoms with Gasteiger partial charge in [0.2, 0.25) is 11.5 Å². The Morgan fingerprint density at radius 1 is 0.373 bits per heavy atom. The van der Waals surface area contributed by atoms with Crippen molar-refractivity contribution in [3.63, 3.8) is 0 Å². The summed E-state index contributed by atoms with van der Waals surface area (Å²) >= 11 is 0. The van der Waals surface area contributed by atoms with Crippen LogP contribution in [0.3, 0.4) is 0 Å². The van der Waals surface area contributed by atoms with E-state index in [1.54, 1.807) is 73.7 Å². The molecule has 3 aromatic carbocycles. The normalized spacial score (nSPS) is 10.9. The molecule has 0 saturated heterocycles. The molecule has 0 atom stereocenters. The number of hydrogen-bond donors (Lipinski definition) is 0. The molecule has 19 nitrogen and oxygen atoms in total. The molecule has 0 N–H and O–H groups in total. The highest BCUT2D eigenvalue weighted by molar-refractivity contribution is 5.91. The van der Waals surface area contributed by atoms with E-state index in [-0.39, 0.29) is 24.7 Å². The summed E-state index contributed by atoms with van der Waals surface area (Å²) in [6.45, 7) is 28.9. The number of rotatable bonds is 54. The minimum atomic E-state index is -0.672. The molecule has 0 bridgehead atoms. The number of esters is 2. The molecule has 0 spiro atoms. The van der Waals surface area contributed by atoms with Gasteiger partial charge in [-0.3, -0.25) is 0 Å². The van der Waals surface area contributed by atoms with Gasteiger partial charge in [-0.15, -0.1) is 19.7 Å². The van der Waals surface area contributed by atoms with Crippen molar-refractivity contribution in [2.45, 2.75) is 84.0 Å². The van der Waals surface area contributed by atoms with E-state index in [1.807, 2.05) is 0 Å². The summed E-state index contributed by atoms with van der Waals surface area (Å²) < 4.78 is 65.3. The van der Waals surface area contributed by atoms with E-state index < -0.39 is 11.9 Å². The van der Waals surface area contributed by atoms with Gasteiger partial charge in [0.05, 0.1) is 98.1 Å². The van der Waals surface area contributed by atoms with E-state index in [9.17, 15) is 9.59 Å². The molecule has 0 saturated carbocycles. The predicted octanol–water partition coefficient (Wildman–Crippen LogP) is 13.1. The summed E-state index contributed by atoms with van der Waals surface area (Å²) in [5.74, 6) is 1.63. The molecule has 0 fully saturated rings. The number of aryl methyl sites for hydroxylation is 1. The third-order valence-electron chi connectivity index (χ3n) is 11.1. The van der Waals surface area contributed by atoms with Crippen LogP contribution in [0.2, 0.25) is 0 Å². The fourth-order valence-electron chi connectivity index (χ4n) is 7.02. The molecule has 3 aromatic rings. The van der Waals surface area contributed by atoms with Gasteiger partial charge < -0.3 is 52.1 Å². The maximum atomic E-state index is 13.5. The van der Waals surface area contributed by atoms with Crippen molar-refractivity contribution >= 4 is 24.1 Å². The summed E-state index contributed by atoms with van der Waals surface area (Å²) in [6.07, 6.45) is 23.0. The summed E-state index contributed by atoms with van der Waals surface area (Å²) in [5.41, 5.74) is 1.63. The number of carbonyl (C=O) groups is 2. The zero-order chi connectivity index (χ0) is 59.6. The Hall–Kier alpha value is -7.52. The Bertz CT molecular complexity index is 2400. The largest absolute Gasteiger partial charge is 0.502 e. The van der Waals surface area contributed by atoms with E-state index in [0.717, 1.165) is 19.3 Å². The van der Waals surface area contributed by atoms with Gasteiger partial charge >= 0.3 is 11.9 Å². The molecular formula is C64H86O19. The lowest BCUT2D eigenvalue weighted by molar-refractivity contribution is -0.286. The molecular weight excluding hydrogens is 1070 g/mol. The lowest BCUT2D eigenvalue weighted by Gasteiger charge is -2.19. The SMILES string of the molecule is C=CCOOCCCCOc1ccc(/C=C/C(=O)Oc2ccc(OC(=O)/C=C/c3ccc(OCCCCOC=C)c(OCCCCOC=C)c3OCCCCOOCC=C)c(C)c2)c(OCCCCOC=C)c1OCCCCOOCC=C. The highest BCUT2D eigenvalue weighted by Gasteiger charge is 2.20. The number of carbonyl (C=O) groups excluding carboxylic acids is 2. The van der Waals surface area contributed by atoms with E-state index >= 15 is 0 Å². The van der Waals surface area contributed by atoms with Gasteiger partial charge in [-0.05, 0) is 144 Å². The third kappa shape index (κ3) is 31.5. The Morgan fingerprint density at radius 2 is 0.711 bits per heavy atom. The monoisotopic (exact) mass is 1160 g/mol. The van der Waals surface area contributed by atoms with Crippen LogP contribution in [0.1, 0.15) is 93.7 Å². The Balaban J connectivity index is 1.82. The van der Waals surface area contributed by atoms with Crippen molar-refractivity contribution in [2.24, 2.45) is 0 Å². The molecule has 0 amide bonds. The van der Waals surface area contributed by atoms with Crippen molar-refractivity contribution in [1.82, 2.24) is 0 Å². The quantitative estimate of drug-likeness (QED) is 0.00757. The lowest BCUT2D eigenvalue weighted by Crippen LogP contribution is -2.09. The first kappa shape index (κ1) is 69.7. The maximum Gasteiger partial charge on any atom is 0.336 e. The molecule has 0 heterocycles. The lowest BCUT2D eigenvalue weighted by atomic mass is 10.1. The standard InChI is InChI=1S/C64H86O19/c1-8-36-76-79-48-23-20-43-71-58-31-26-53(61(72-44-18-15-40-68-12-5)64(58)75-47-22-25-50-81-78-38-10-3)28-34-59(65)82-55-30-33-56(52(7)51-55)83-60(66)35-29-54-27-32-57(70-42-17-14-39-67-11-4)63(74-46-19-16-41-69-13-6)62(54)73-45-21-24-49-80-77-37-9-2/h8-13,26-35,51H,1-6,14-25,36-50H2,7H3/b34-28+,35-29+. The summed E-state index contributed by atoms with van der Waals surface area (Å²) in [5, 5.41) is 0. The van der Waals surface area contributed by atoms with Crippen LogP contribution in [-0.4, -0.2) is 111 Å². The highest BCUT2D eigenvalue weighted by atomic mass is 17.2. The van der Waals surface area contributed by atoms with Crippen LogP contribution in [0.5, 0.6) is 46.0 Å². The van der Waals surface area contributed by atoms with Gasteiger partial charge in [0.25, 0.3) is 0 Å². The molecule has 456 valence electrons. The van der Waals surface area contributed by atoms with Gasteiger partial charge in [-0.25, -0.2) is 38.9 Å². The van der Waals surface area contributed by atoms with Crippen LogP contribution < -0.4 is 37.9 Å². The van der Waals surface area contributed by atoms with Crippen molar-refractivity contribution in [3.8, 4) is 46.0 Å². The van der Waals surface area contributed by atoms with Crippen molar-refractivity contribution in [3.05, 3.63) is 148 Å². The van der Waals surface area contributed by atoms with Gasteiger partial charge in [0, 0.05) is 23.3 Å². The fourth-order valence-corrected chi connectivity index (χ4v) is 7.02. The van der Waals surface area contributed by atoms with Crippen molar-refractivity contribution in [2.75, 3.05) is 99.1 Å². The fraction of sp³-hybridized carbons (Fsp3) is 0.438. The number of hydrogen-bond acceptors (Lipinski definition) is 19. The smallest absolute Gasteiger partial charge is 0.336 e. The molecule has 83 heavy (non-hydrogen) atoms. The van der Waals surface area contributed by atoms with Crippen molar-refractivity contribution < 1.29 is 91.0 Å². The van der Waals surface area contributed by atoms with Gasteiger partial charge in [0.15, 0.2) is 23.0 Å². The van der Waals surface area contributed by atoms with Gasteiger partial charge in [0.1, 0.15) is 31.3 Å². The number of benzene rings is 3. The zero-order valence-corrected chi connectivity index (χ0v) is 48.4. The summed E-state index contributed by atoms with van der Waals surface area (Å²) in [4.78, 5) is 57.5. The van der Waals surface area contributed by atoms with Crippen LogP contribution in [0, 0.1) is 6.92 Å². The minimum Gasteiger partial charge on any atom is -0.502 e. The van der Waals surface area contributed by atoms with E-state index in [2.05, 4.69) is 39.5 Å². The third-order valence-corrected chi connectivity index (χ3v) is 11.1. The van der Waals surface area contributed by atoms with Crippen molar-refractivity contribution in [1.29, 1.82) is 0 Å². The molecule has 0 aliphatic rings. The first-order chi connectivity index (χ1) is 40.8. The predicted molar refractivity (Wildman–Crippen MR) is 317 cm³/mol. The molecule has 3 rings (SSSR count). The zero-order valence-electron chi connectivity index (χ0n) is 48.4. The second-order valence-corrected chi connectivity index (χ2v) is 17.7. The molecule has 19 heteroatoms. The Kier molecular flexibility index (Phi) is 39.5. The summed E-state index contributed by atoms with van der Waals surface area (Å²) in [6, 6.07) is 11.8. The summed E-state index contributed by atoms with van der Waals surface area (Å²) in [7, 11) is 0. The average Bonchev–Trinajstić information content (AvgIpc) is 3.48. The second kappa shape index (κ2) is 47.0. The van der Waals surface area contributed by atoms with Gasteiger partial charge in [-0.2, -0.15) is 0 Å². The van der Waals surface area contributed by atoms with Crippen LogP contribution in [-0.2, 0) is 53.1 Å². The number of unbranched alkanes of at least 4 members (excludes halogenated alkanes) is 6. The molecule has 0 aliphatic carbocycles. The van der Waals surface area contributed by atoms with Gasteiger partial charge in [-0.1, -0.05) is 38.0 Å².